The second-order valence-electron chi connectivity index (χ2n) is 22.2. The van der Waals surface area contributed by atoms with Crippen LogP contribution in [-0.2, 0) is 21.7 Å². The Labute approximate surface area is 397 Å². The van der Waals surface area contributed by atoms with Crippen molar-refractivity contribution in [1.82, 2.24) is 14.5 Å². The van der Waals surface area contributed by atoms with Crippen LogP contribution < -0.4 is 0 Å². The van der Waals surface area contributed by atoms with Gasteiger partial charge in [0.25, 0.3) is 0 Å². The molecule has 338 valence electrons. The zero-order valence-corrected chi connectivity index (χ0v) is 41.2. The van der Waals surface area contributed by atoms with Crippen LogP contribution in [0.2, 0.25) is 0 Å². The van der Waals surface area contributed by atoms with Crippen LogP contribution in [0.5, 0.6) is 5.75 Å². The fourth-order valence-electron chi connectivity index (χ4n) is 9.01. The fourth-order valence-corrected chi connectivity index (χ4v) is 9.01. The largest absolute Gasteiger partial charge is 0.507 e. The molecular formula is C62H63N3O2. The molecule has 3 heterocycles. The topological polar surface area (TPSA) is 64.1 Å². The molecule has 5 nitrogen and oxygen atoms in total. The van der Waals surface area contributed by atoms with E-state index in [1.165, 1.54) is 11.1 Å². The number of nitrogens with zero attached hydrogens (tertiary/aromatic N) is 3. The third kappa shape index (κ3) is 8.88. The maximum Gasteiger partial charge on any atom is 0.149 e. The first-order valence-corrected chi connectivity index (χ1v) is 23.5. The van der Waals surface area contributed by atoms with Crippen molar-refractivity contribution < 1.29 is 9.52 Å². The molecule has 0 bridgehead atoms. The quantitative estimate of drug-likeness (QED) is 0.173. The van der Waals surface area contributed by atoms with Gasteiger partial charge < -0.3 is 9.52 Å². The predicted molar refractivity (Wildman–Crippen MR) is 280 cm³/mol. The molecule has 0 amide bonds. The number of phenols is 1. The van der Waals surface area contributed by atoms with E-state index in [0.717, 1.165) is 83.8 Å². The van der Waals surface area contributed by atoms with E-state index in [1.807, 2.05) is 18.3 Å². The predicted octanol–water partition coefficient (Wildman–Crippen LogP) is 16.9. The molecule has 9 rings (SSSR count). The number of pyridine rings is 1. The average Bonchev–Trinajstić information content (AvgIpc) is 3.97. The smallest absolute Gasteiger partial charge is 0.149 e. The van der Waals surface area contributed by atoms with Gasteiger partial charge in [0.1, 0.15) is 17.3 Å². The lowest BCUT2D eigenvalue weighted by Crippen LogP contribution is -2.17. The summed E-state index contributed by atoms with van der Waals surface area (Å²) in [6, 6.07) is 51.8. The Morgan fingerprint density at radius 3 is 1.78 bits per heavy atom. The Morgan fingerprint density at radius 2 is 1.12 bits per heavy atom. The van der Waals surface area contributed by atoms with E-state index >= 15 is 0 Å². The van der Waals surface area contributed by atoms with E-state index in [1.54, 1.807) is 6.26 Å². The maximum atomic E-state index is 12.6. The Morgan fingerprint density at radius 1 is 0.463 bits per heavy atom. The number of imidazole rings is 1. The van der Waals surface area contributed by atoms with Gasteiger partial charge >= 0.3 is 0 Å². The second kappa shape index (κ2) is 16.7. The van der Waals surface area contributed by atoms with Crippen LogP contribution in [0.25, 0.3) is 84.1 Å². The molecule has 0 atom stereocenters. The summed E-state index contributed by atoms with van der Waals surface area (Å²) >= 11 is 0. The highest BCUT2D eigenvalue weighted by atomic mass is 16.3. The summed E-state index contributed by atoms with van der Waals surface area (Å²) in [6.45, 7) is 26.8. The number of aromatic hydroxyl groups is 1. The summed E-state index contributed by atoms with van der Waals surface area (Å²) in [5.41, 5.74) is 16.6. The van der Waals surface area contributed by atoms with Crippen LogP contribution in [0.3, 0.4) is 0 Å². The molecule has 5 heteroatoms. The minimum Gasteiger partial charge on any atom is -0.507 e. The highest BCUT2D eigenvalue weighted by Crippen LogP contribution is 2.46. The van der Waals surface area contributed by atoms with E-state index in [-0.39, 0.29) is 27.4 Å². The van der Waals surface area contributed by atoms with Gasteiger partial charge in [-0.15, -0.1) is 0 Å². The van der Waals surface area contributed by atoms with Crippen molar-refractivity contribution in [3.63, 3.8) is 0 Å². The highest BCUT2D eigenvalue weighted by molar-refractivity contribution is 5.98. The number of hydrogen-bond acceptors (Lipinski definition) is 4. The Kier molecular flexibility index (Phi) is 11.3. The van der Waals surface area contributed by atoms with Crippen molar-refractivity contribution >= 4 is 11.0 Å². The molecule has 0 fully saturated rings. The molecule has 67 heavy (non-hydrogen) atoms. The Balaban J connectivity index is 1.31. The summed E-state index contributed by atoms with van der Waals surface area (Å²) in [4.78, 5) is 10.7. The highest BCUT2D eigenvalue weighted by Gasteiger charge is 2.30. The number of hydrogen-bond donors (Lipinski definition) is 1. The molecular weight excluding hydrogens is 819 g/mol. The van der Waals surface area contributed by atoms with Gasteiger partial charge in [0.2, 0.25) is 0 Å². The van der Waals surface area contributed by atoms with Crippen molar-refractivity contribution in [2.75, 3.05) is 0 Å². The standard InChI is InChI=1S/C62H63N3O2/c1-59(2,3)45-27-28-53(49(36-45)40-18-14-13-15-19-40)65-54-21-16-20-48(56(54)64-58(65)50-37-47(61(7,8)9)38-51(57(50)66)62(10,11)12)43-32-44(34-46(33-43)60(4,5)6)52-35-42(29-30-63-52)39-23-25-41(26-24-39)55-22-17-31-67-55/h13-38,66H,1-12H3. The molecule has 6 aromatic carbocycles. The Bertz CT molecular complexity index is 3250. The van der Waals surface area contributed by atoms with Crippen molar-refractivity contribution in [3.8, 4) is 78.8 Å². The summed E-state index contributed by atoms with van der Waals surface area (Å²) in [5, 5.41) is 12.6. The van der Waals surface area contributed by atoms with Crippen LogP contribution in [0.1, 0.15) is 105 Å². The lowest BCUT2D eigenvalue weighted by molar-refractivity contribution is 0.446. The van der Waals surface area contributed by atoms with Crippen molar-refractivity contribution in [2.24, 2.45) is 0 Å². The lowest BCUT2D eigenvalue weighted by atomic mass is 9.79. The number of aromatic nitrogens is 3. The van der Waals surface area contributed by atoms with Crippen molar-refractivity contribution in [2.45, 2.75) is 105 Å². The van der Waals surface area contributed by atoms with Crippen LogP contribution in [0.4, 0.5) is 0 Å². The van der Waals surface area contributed by atoms with Crippen molar-refractivity contribution in [3.05, 3.63) is 180 Å². The molecule has 9 aromatic rings. The molecule has 0 radical (unpaired) electrons. The monoisotopic (exact) mass is 881 g/mol. The van der Waals surface area contributed by atoms with Gasteiger partial charge in [-0.25, -0.2) is 4.98 Å². The molecule has 0 saturated heterocycles. The number of para-hydroxylation sites is 1. The molecule has 0 aliphatic rings. The minimum absolute atomic E-state index is 0.0782. The van der Waals surface area contributed by atoms with E-state index in [0.29, 0.717) is 11.4 Å². The van der Waals surface area contributed by atoms with Gasteiger partial charge in [-0.2, -0.15) is 0 Å². The number of benzene rings is 6. The minimum atomic E-state index is -0.329. The summed E-state index contributed by atoms with van der Waals surface area (Å²) < 4.78 is 7.95. The van der Waals surface area contributed by atoms with E-state index in [4.69, 9.17) is 14.4 Å². The van der Waals surface area contributed by atoms with E-state index in [9.17, 15) is 5.11 Å². The van der Waals surface area contributed by atoms with Gasteiger partial charge in [-0.1, -0.05) is 168 Å². The van der Waals surface area contributed by atoms with E-state index < -0.39 is 0 Å². The first kappa shape index (κ1) is 45.2. The lowest BCUT2D eigenvalue weighted by Gasteiger charge is -2.28. The number of rotatable bonds is 7. The summed E-state index contributed by atoms with van der Waals surface area (Å²) in [5.74, 6) is 1.79. The van der Waals surface area contributed by atoms with Gasteiger partial charge in [0.05, 0.1) is 34.2 Å². The first-order chi connectivity index (χ1) is 31.6. The zero-order valence-electron chi connectivity index (χ0n) is 41.2. The normalized spacial score (nSPS) is 12.5. The molecule has 0 saturated carbocycles. The second-order valence-corrected chi connectivity index (χ2v) is 22.2. The van der Waals surface area contributed by atoms with Crippen molar-refractivity contribution in [1.29, 1.82) is 0 Å². The fraction of sp³-hybridized carbons (Fsp3) is 0.258. The maximum absolute atomic E-state index is 12.6. The molecule has 0 unspecified atom stereocenters. The molecule has 3 aromatic heterocycles. The van der Waals surface area contributed by atoms with Crippen LogP contribution in [-0.4, -0.2) is 19.6 Å². The Hall–Kier alpha value is -6.98. The van der Waals surface area contributed by atoms with Gasteiger partial charge in [0, 0.05) is 34.0 Å². The van der Waals surface area contributed by atoms with Crippen LogP contribution in [0, 0.1) is 0 Å². The number of phenolic OH excluding ortho intramolecular Hbond substituents is 1. The number of fused-ring (bicyclic) bond motifs is 1. The molecule has 0 aliphatic heterocycles. The van der Waals surface area contributed by atoms with Gasteiger partial charge in [-0.05, 0) is 121 Å². The summed E-state index contributed by atoms with van der Waals surface area (Å²) in [6.07, 6.45) is 3.61. The summed E-state index contributed by atoms with van der Waals surface area (Å²) in [7, 11) is 0. The SMILES string of the molecule is CC(C)(C)c1cc(-c2cc(-c3ccc(-c4ccco4)cc3)ccn2)cc(-c2cccc3c2nc(-c2cc(C(C)(C)C)cc(C(C)(C)C)c2O)n3-c2ccc(C(C)(C)C)cc2-c2ccccc2)c1. The van der Waals surface area contributed by atoms with Gasteiger partial charge in [-0.3, -0.25) is 9.55 Å². The third-order valence-corrected chi connectivity index (χ3v) is 13.1. The zero-order chi connectivity index (χ0) is 47.6. The number of furan rings is 1. The van der Waals surface area contributed by atoms with Crippen LogP contribution >= 0.6 is 0 Å². The third-order valence-electron chi connectivity index (χ3n) is 13.1. The first-order valence-electron chi connectivity index (χ1n) is 23.5. The van der Waals surface area contributed by atoms with Gasteiger partial charge in [0.15, 0.2) is 0 Å². The molecule has 0 spiro atoms. The molecule has 1 N–H and O–H groups in total. The van der Waals surface area contributed by atoms with E-state index in [2.05, 4.69) is 221 Å². The van der Waals surface area contributed by atoms with Crippen LogP contribution in [0.15, 0.2) is 162 Å². The average molecular weight is 882 g/mol. The molecule has 0 aliphatic carbocycles.